The minimum atomic E-state index is -0.515. The number of amides is 4. The Bertz CT molecular complexity index is 762. The number of urea groups is 1. The molecular formula is C18H24FN5O3S. The summed E-state index contributed by atoms with van der Waals surface area (Å²) in [5.74, 6) is -1.30. The summed E-state index contributed by atoms with van der Waals surface area (Å²) in [5.41, 5.74) is 0.508. The average Bonchev–Trinajstić information content (AvgIpc) is 2.70. The normalized spacial score (nSPS) is 27.6. The lowest BCUT2D eigenvalue weighted by Crippen LogP contribution is -2.74. The molecule has 0 aliphatic carbocycles. The van der Waals surface area contributed by atoms with Crippen molar-refractivity contribution in [3.8, 4) is 0 Å². The minimum absolute atomic E-state index is 0.0784. The second-order valence-corrected chi connectivity index (χ2v) is 7.97. The topological polar surface area (TPSA) is 93.8 Å². The Morgan fingerprint density at radius 1 is 1.21 bits per heavy atom. The first-order chi connectivity index (χ1) is 13.3. The highest BCUT2D eigenvalue weighted by Crippen LogP contribution is 2.31. The molecule has 10 heteroatoms. The Morgan fingerprint density at radius 2 is 1.89 bits per heavy atom. The van der Waals surface area contributed by atoms with E-state index in [1.54, 1.807) is 7.05 Å². The van der Waals surface area contributed by atoms with Crippen molar-refractivity contribution in [1.29, 1.82) is 0 Å². The van der Waals surface area contributed by atoms with Crippen LogP contribution in [-0.2, 0) is 9.59 Å². The monoisotopic (exact) mass is 409 g/mol. The third-order valence-electron chi connectivity index (χ3n) is 4.96. The number of nitrogens with one attached hydrogen (secondary N) is 3. The van der Waals surface area contributed by atoms with Crippen molar-refractivity contribution in [3.63, 3.8) is 0 Å². The fourth-order valence-corrected chi connectivity index (χ4v) is 4.54. The standard InChI is InChI=1S/C18H24FN5O3S/c1-4-12-21-15-14(17(26)24(3)18(27)23(15)2)16(22-12)28-9-13(25)20-11-7-5-10(19)6-8-11/h5-8,12,14-16,21-22H,4,9H2,1-3H3,(H,20,25). The van der Waals surface area contributed by atoms with Crippen LogP contribution >= 0.6 is 11.8 Å². The molecule has 0 bridgehead atoms. The predicted octanol–water partition coefficient (Wildman–Crippen LogP) is 1.22. The highest BCUT2D eigenvalue weighted by atomic mass is 32.2. The van der Waals surface area contributed by atoms with Crippen molar-refractivity contribution in [3.05, 3.63) is 30.1 Å². The molecule has 4 amide bonds. The third-order valence-corrected chi connectivity index (χ3v) is 6.17. The number of imide groups is 1. The van der Waals surface area contributed by atoms with E-state index >= 15 is 0 Å². The number of hydrogen-bond acceptors (Lipinski definition) is 6. The SMILES string of the molecule is CCC1NC(SCC(=O)Nc2ccc(F)cc2)C2C(=O)N(C)C(=O)N(C)C2N1. The van der Waals surface area contributed by atoms with E-state index in [9.17, 15) is 18.8 Å². The molecule has 3 N–H and O–H groups in total. The van der Waals surface area contributed by atoms with Crippen molar-refractivity contribution in [2.45, 2.75) is 31.0 Å². The average molecular weight is 409 g/mol. The molecule has 3 rings (SSSR count). The van der Waals surface area contributed by atoms with Gasteiger partial charge in [0.05, 0.1) is 29.4 Å². The molecule has 2 aliphatic heterocycles. The fraction of sp³-hybridized carbons (Fsp3) is 0.500. The molecule has 1 aromatic carbocycles. The summed E-state index contributed by atoms with van der Waals surface area (Å²) in [6.45, 7) is 1.99. The number of hydrogen-bond donors (Lipinski definition) is 3. The van der Waals surface area contributed by atoms with E-state index in [1.165, 1.54) is 48.0 Å². The zero-order valence-corrected chi connectivity index (χ0v) is 16.8. The van der Waals surface area contributed by atoms with Crippen LogP contribution in [0.4, 0.5) is 14.9 Å². The number of halogens is 1. The summed E-state index contributed by atoms with van der Waals surface area (Å²) >= 11 is 1.32. The van der Waals surface area contributed by atoms with Crippen LogP contribution in [0.5, 0.6) is 0 Å². The summed E-state index contributed by atoms with van der Waals surface area (Å²) in [4.78, 5) is 39.9. The first-order valence-corrected chi connectivity index (χ1v) is 10.1. The zero-order chi connectivity index (χ0) is 20.4. The van der Waals surface area contributed by atoms with E-state index in [-0.39, 0.29) is 41.0 Å². The molecule has 0 radical (unpaired) electrons. The van der Waals surface area contributed by atoms with Gasteiger partial charge in [-0.2, -0.15) is 0 Å². The van der Waals surface area contributed by atoms with Crippen molar-refractivity contribution >= 4 is 35.3 Å². The van der Waals surface area contributed by atoms with E-state index in [1.807, 2.05) is 6.92 Å². The van der Waals surface area contributed by atoms with Gasteiger partial charge in [-0.25, -0.2) is 9.18 Å². The van der Waals surface area contributed by atoms with Gasteiger partial charge in [0.1, 0.15) is 5.82 Å². The molecule has 28 heavy (non-hydrogen) atoms. The van der Waals surface area contributed by atoms with Crippen LogP contribution < -0.4 is 16.0 Å². The van der Waals surface area contributed by atoms with Gasteiger partial charge in [0.2, 0.25) is 11.8 Å². The number of benzene rings is 1. The van der Waals surface area contributed by atoms with E-state index < -0.39 is 12.1 Å². The number of thioether (sulfide) groups is 1. The molecule has 0 saturated carbocycles. The summed E-state index contributed by atoms with van der Waals surface area (Å²) < 4.78 is 13.0. The van der Waals surface area contributed by atoms with Gasteiger partial charge in [0, 0.05) is 19.8 Å². The van der Waals surface area contributed by atoms with Crippen LogP contribution in [0.3, 0.4) is 0 Å². The molecule has 0 aromatic heterocycles. The van der Waals surface area contributed by atoms with Gasteiger partial charge in [-0.3, -0.25) is 25.1 Å². The molecule has 8 nitrogen and oxygen atoms in total. The molecule has 2 heterocycles. The lowest BCUT2D eigenvalue weighted by molar-refractivity contribution is -0.140. The Hall–Kier alpha value is -2.17. The smallest absolute Gasteiger partial charge is 0.325 e. The van der Waals surface area contributed by atoms with Crippen LogP contribution in [0.1, 0.15) is 13.3 Å². The predicted molar refractivity (Wildman–Crippen MR) is 105 cm³/mol. The Kier molecular flexibility index (Phi) is 6.21. The quantitative estimate of drug-likeness (QED) is 0.677. The van der Waals surface area contributed by atoms with Crippen molar-refractivity contribution < 1.29 is 18.8 Å². The maximum atomic E-state index is 13.0. The number of rotatable bonds is 5. The molecule has 2 aliphatic rings. The first-order valence-electron chi connectivity index (χ1n) is 9.05. The Balaban J connectivity index is 1.68. The van der Waals surface area contributed by atoms with Crippen LogP contribution in [0.25, 0.3) is 0 Å². The summed E-state index contributed by atoms with van der Waals surface area (Å²) in [6, 6.07) is 5.18. The summed E-state index contributed by atoms with van der Waals surface area (Å²) in [5, 5.41) is 9.03. The number of anilines is 1. The number of nitrogens with zero attached hydrogens (tertiary/aromatic N) is 2. The van der Waals surface area contributed by atoms with Gasteiger partial charge in [-0.15, -0.1) is 11.8 Å². The van der Waals surface area contributed by atoms with Crippen LogP contribution in [0.2, 0.25) is 0 Å². The van der Waals surface area contributed by atoms with Gasteiger partial charge >= 0.3 is 6.03 Å². The Morgan fingerprint density at radius 3 is 2.54 bits per heavy atom. The maximum Gasteiger partial charge on any atom is 0.327 e. The third kappa shape index (κ3) is 4.13. The van der Waals surface area contributed by atoms with E-state index in [2.05, 4.69) is 16.0 Å². The zero-order valence-electron chi connectivity index (χ0n) is 15.9. The molecular weight excluding hydrogens is 385 g/mol. The Labute approximate surface area is 167 Å². The van der Waals surface area contributed by atoms with Gasteiger partial charge in [0.25, 0.3) is 0 Å². The molecule has 2 saturated heterocycles. The van der Waals surface area contributed by atoms with Gasteiger partial charge in [0.15, 0.2) is 0 Å². The van der Waals surface area contributed by atoms with Gasteiger partial charge < -0.3 is 10.2 Å². The summed E-state index contributed by atoms with van der Waals surface area (Å²) in [6.07, 6.45) is 0.249. The molecule has 4 atom stereocenters. The largest absolute Gasteiger partial charge is 0.327 e. The van der Waals surface area contributed by atoms with E-state index in [4.69, 9.17) is 0 Å². The maximum absolute atomic E-state index is 13.0. The fourth-order valence-electron chi connectivity index (χ4n) is 3.40. The molecule has 1 aromatic rings. The molecule has 4 unspecified atom stereocenters. The van der Waals surface area contributed by atoms with E-state index in [0.29, 0.717) is 5.69 Å². The van der Waals surface area contributed by atoms with Crippen molar-refractivity contribution in [1.82, 2.24) is 20.4 Å². The van der Waals surface area contributed by atoms with Crippen LogP contribution in [0, 0.1) is 11.7 Å². The minimum Gasteiger partial charge on any atom is -0.325 e. The lowest BCUT2D eigenvalue weighted by Gasteiger charge is -2.50. The van der Waals surface area contributed by atoms with Crippen molar-refractivity contribution in [2.75, 3.05) is 25.2 Å². The van der Waals surface area contributed by atoms with Gasteiger partial charge in [-0.1, -0.05) is 6.92 Å². The number of carbonyl (C=O) groups is 3. The summed E-state index contributed by atoms with van der Waals surface area (Å²) in [7, 11) is 3.13. The first kappa shape index (κ1) is 20.6. The highest BCUT2D eigenvalue weighted by Gasteiger charge is 2.50. The van der Waals surface area contributed by atoms with Gasteiger partial charge in [-0.05, 0) is 30.7 Å². The molecule has 0 spiro atoms. The number of fused-ring (bicyclic) bond motifs is 1. The van der Waals surface area contributed by atoms with Crippen LogP contribution in [0.15, 0.2) is 24.3 Å². The highest BCUT2D eigenvalue weighted by molar-refractivity contribution is 8.00. The lowest BCUT2D eigenvalue weighted by atomic mass is 9.97. The second-order valence-electron chi connectivity index (χ2n) is 6.84. The second kappa shape index (κ2) is 8.46. The van der Waals surface area contributed by atoms with E-state index in [0.717, 1.165) is 11.3 Å². The molecule has 2 fully saturated rings. The van der Waals surface area contributed by atoms with Crippen molar-refractivity contribution in [2.24, 2.45) is 5.92 Å². The van der Waals surface area contributed by atoms with Crippen LogP contribution in [-0.4, -0.2) is 65.2 Å². The number of carbonyl (C=O) groups excluding carboxylic acids is 3. The molecule has 152 valence electrons.